The third-order valence-corrected chi connectivity index (χ3v) is 3.42. The Morgan fingerprint density at radius 3 is 2.57 bits per heavy atom. The third kappa shape index (κ3) is 3.49. The van der Waals surface area contributed by atoms with Gasteiger partial charge in [-0.05, 0) is 38.0 Å². The van der Waals surface area contributed by atoms with Crippen molar-refractivity contribution < 1.29 is 4.79 Å². The first kappa shape index (κ1) is 15.7. The highest BCUT2D eigenvalue weighted by atomic mass is 35.5. The highest BCUT2D eigenvalue weighted by molar-refractivity contribution is 6.35. The van der Waals surface area contributed by atoms with Crippen LogP contribution in [-0.4, -0.2) is 21.1 Å². The number of hydrogen-bond donors (Lipinski definition) is 1. The van der Waals surface area contributed by atoms with Gasteiger partial charge in [-0.1, -0.05) is 30.1 Å². The highest BCUT2D eigenvalue weighted by Crippen LogP contribution is 2.27. The Hall–Kier alpha value is -1.72. The number of hydrogen-bond acceptors (Lipinski definition) is 4. The first-order chi connectivity index (χ1) is 9.92. The minimum absolute atomic E-state index is 0.158. The average molecular weight is 325 g/mol. The van der Waals surface area contributed by atoms with Crippen molar-refractivity contribution in [1.82, 2.24) is 15.2 Å². The third-order valence-electron chi connectivity index (χ3n) is 2.95. The van der Waals surface area contributed by atoms with Gasteiger partial charge in [0.2, 0.25) is 0 Å². The van der Waals surface area contributed by atoms with Gasteiger partial charge in [0, 0.05) is 0 Å². The predicted molar refractivity (Wildman–Crippen MR) is 83.1 cm³/mol. The maximum atomic E-state index is 12.4. The molecule has 21 heavy (non-hydrogen) atoms. The van der Waals surface area contributed by atoms with E-state index < -0.39 is 0 Å². The van der Waals surface area contributed by atoms with E-state index in [-0.39, 0.29) is 16.2 Å². The Labute approximate surface area is 132 Å². The first-order valence-corrected chi connectivity index (χ1v) is 7.15. The van der Waals surface area contributed by atoms with Crippen LogP contribution in [0.1, 0.15) is 34.2 Å². The SMILES string of the molecule is CCc1nnc(C)cc1C(=O)Nc1c(C)cc(Cl)nc1Cl. The van der Waals surface area contributed by atoms with Crippen molar-refractivity contribution >= 4 is 34.8 Å². The lowest BCUT2D eigenvalue weighted by atomic mass is 10.1. The molecule has 2 aromatic heterocycles. The molecule has 0 atom stereocenters. The second-order valence-corrected chi connectivity index (χ2v) is 5.33. The van der Waals surface area contributed by atoms with Gasteiger partial charge in [0.25, 0.3) is 5.91 Å². The van der Waals surface area contributed by atoms with Crippen molar-refractivity contribution in [3.8, 4) is 0 Å². The Kier molecular flexibility index (Phi) is 4.75. The fourth-order valence-corrected chi connectivity index (χ4v) is 2.48. The number of carbonyl (C=O) groups is 1. The lowest BCUT2D eigenvalue weighted by Gasteiger charge is -2.12. The zero-order valence-electron chi connectivity index (χ0n) is 11.9. The van der Waals surface area contributed by atoms with Crippen LogP contribution in [0.15, 0.2) is 12.1 Å². The Morgan fingerprint density at radius 1 is 1.24 bits per heavy atom. The summed E-state index contributed by atoms with van der Waals surface area (Å²) < 4.78 is 0. The fourth-order valence-electron chi connectivity index (χ4n) is 1.90. The van der Waals surface area contributed by atoms with Gasteiger partial charge in [0.05, 0.1) is 22.6 Å². The maximum absolute atomic E-state index is 12.4. The van der Waals surface area contributed by atoms with Crippen LogP contribution in [0.3, 0.4) is 0 Å². The molecule has 7 heteroatoms. The lowest BCUT2D eigenvalue weighted by molar-refractivity contribution is 0.102. The summed E-state index contributed by atoms with van der Waals surface area (Å²) in [6.45, 7) is 5.50. The molecule has 5 nitrogen and oxygen atoms in total. The van der Waals surface area contributed by atoms with E-state index in [9.17, 15) is 4.79 Å². The maximum Gasteiger partial charge on any atom is 0.257 e. The number of amides is 1. The number of rotatable bonds is 3. The van der Waals surface area contributed by atoms with Crippen LogP contribution in [0.25, 0.3) is 0 Å². The fraction of sp³-hybridized carbons (Fsp3) is 0.286. The van der Waals surface area contributed by atoms with Crippen molar-refractivity contribution in [3.05, 3.63) is 45.0 Å². The van der Waals surface area contributed by atoms with Crippen LogP contribution in [0.5, 0.6) is 0 Å². The normalized spacial score (nSPS) is 10.5. The van der Waals surface area contributed by atoms with Crippen LogP contribution in [-0.2, 0) is 6.42 Å². The van der Waals surface area contributed by atoms with E-state index in [1.807, 2.05) is 6.92 Å². The van der Waals surface area contributed by atoms with E-state index in [1.165, 1.54) is 0 Å². The summed E-state index contributed by atoms with van der Waals surface area (Å²) in [6.07, 6.45) is 0.613. The molecule has 2 aromatic rings. The van der Waals surface area contributed by atoms with Crippen molar-refractivity contribution in [2.24, 2.45) is 0 Å². The number of halogens is 2. The van der Waals surface area contributed by atoms with Crippen molar-refractivity contribution in [3.63, 3.8) is 0 Å². The zero-order valence-corrected chi connectivity index (χ0v) is 13.4. The van der Waals surface area contributed by atoms with E-state index >= 15 is 0 Å². The molecule has 0 aliphatic rings. The summed E-state index contributed by atoms with van der Waals surface area (Å²) in [4.78, 5) is 16.4. The van der Waals surface area contributed by atoms with E-state index in [0.29, 0.717) is 29.1 Å². The van der Waals surface area contributed by atoms with Crippen LogP contribution in [0.2, 0.25) is 10.3 Å². The number of nitrogens with zero attached hydrogens (tertiary/aromatic N) is 3. The van der Waals surface area contributed by atoms with Crippen molar-refractivity contribution in [2.75, 3.05) is 5.32 Å². The van der Waals surface area contributed by atoms with Crippen molar-refractivity contribution in [2.45, 2.75) is 27.2 Å². The summed E-state index contributed by atoms with van der Waals surface area (Å²) in [6, 6.07) is 3.34. The molecular formula is C14H14Cl2N4O. The van der Waals surface area contributed by atoms with Gasteiger partial charge in [-0.2, -0.15) is 10.2 Å². The summed E-state index contributed by atoms with van der Waals surface area (Å²) >= 11 is 11.9. The quantitative estimate of drug-likeness (QED) is 0.876. The Morgan fingerprint density at radius 2 is 1.95 bits per heavy atom. The van der Waals surface area contributed by atoms with Gasteiger partial charge in [-0.3, -0.25) is 4.79 Å². The molecule has 0 bridgehead atoms. The van der Waals surface area contributed by atoms with Crippen molar-refractivity contribution in [1.29, 1.82) is 0 Å². The molecule has 110 valence electrons. The molecule has 0 spiro atoms. The molecule has 0 aromatic carbocycles. The van der Waals surface area contributed by atoms with Gasteiger partial charge in [0.15, 0.2) is 5.15 Å². The Balaban J connectivity index is 2.37. The summed E-state index contributed by atoms with van der Waals surface area (Å²) in [5, 5.41) is 11.2. The number of aromatic nitrogens is 3. The minimum Gasteiger partial charge on any atom is -0.319 e. The standard InChI is InChI=1S/C14H14Cl2N4O/c1-4-10-9(6-8(3)19-20-10)14(21)18-12-7(2)5-11(15)17-13(12)16/h5-6H,4H2,1-3H3,(H,18,21). The van der Waals surface area contributed by atoms with E-state index in [0.717, 1.165) is 5.56 Å². The summed E-state index contributed by atoms with van der Waals surface area (Å²) in [7, 11) is 0. The van der Waals surface area contributed by atoms with Crippen LogP contribution < -0.4 is 5.32 Å². The molecular weight excluding hydrogens is 311 g/mol. The van der Waals surface area contributed by atoms with E-state index in [2.05, 4.69) is 20.5 Å². The summed E-state index contributed by atoms with van der Waals surface area (Å²) in [5.74, 6) is -0.293. The summed E-state index contributed by atoms with van der Waals surface area (Å²) in [5.41, 5.74) is 2.98. The zero-order chi connectivity index (χ0) is 15.6. The minimum atomic E-state index is -0.293. The van der Waals surface area contributed by atoms with Gasteiger partial charge in [0.1, 0.15) is 5.15 Å². The topological polar surface area (TPSA) is 67.8 Å². The van der Waals surface area contributed by atoms with Crippen LogP contribution >= 0.6 is 23.2 Å². The number of anilines is 1. The first-order valence-electron chi connectivity index (χ1n) is 6.39. The largest absolute Gasteiger partial charge is 0.319 e. The van der Waals surface area contributed by atoms with E-state index in [4.69, 9.17) is 23.2 Å². The van der Waals surface area contributed by atoms with Gasteiger partial charge < -0.3 is 5.32 Å². The molecule has 1 amide bonds. The molecule has 2 rings (SSSR count). The van der Waals surface area contributed by atoms with Gasteiger partial charge >= 0.3 is 0 Å². The monoisotopic (exact) mass is 324 g/mol. The number of nitrogens with one attached hydrogen (secondary N) is 1. The van der Waals surface area contributed by atoms with Crippen LogP contribution in [0, 0.1) is 13.8 Å². The molecule has 0 aliphatic carbocycles. The van der Waals surface area contributed by atoms with E-state index in [1.54, 1.807) is 26.0 Å². The smallest absolute Gasteiger partial charge is 0.257 e. The molecule has 0 radical (unpaired) electrons. The second kappa shape index (κ2) is 6.37. The number of pyridine rings is 1. The number of carbonyl (C=O) groups excluding carboxylic acids is 1. The molecule has 2 heterocycles. The highest BCUT2D eigenvalue weighted by Gasteiger charge is 2.16. The molecule has 0 saturated heterocycles. The Bertz CT molecular complexity index is 680. The molecule has 0 unspecified atom stereocenters. The lowest BCUT2D eigenvalue weighted by Crippen LogP contribution is -2.17. The molecule has 1 N–H and O–H groups in total. The van der Waals surface area contributed by atoms with Gasteiger partial charge in [-0.25, -0.2) is 4.98 Å². The molecule has 0 aliphatic heterocycles. The molecule has 0 fully saturated rings. The second-order valence-electron chi connectivity index (χ2n) is 4.58. The molecule has 0 saturated carbocycles. The predicted octanol–water partition coefficient (Wildman–Crippen LogP) is 3.61. The average Bonchev–Trinajstić information content (AvgIpc) is 2.42. The van der Waals surface area contributed by atoms with Crippen LogP contribution in [0.4, 0.5) is 5.69 Å². The van der Waals surface area contributed by atoms with Gasteiger partial charge in [-0.15, -0.1) is 0 Å². The number of aryl methyl sites for hydroxylation is 3.